The van der Waals surface area contributed by atoms with Gasteiger partial charge in [-0.1, -0.05) is 95.5 Å². The van der Waals surface area contributed by atoms with Crippen LogP contribution in [0.15, 0.2) is 30.3 Å². The van der Waals surface area contributed by atoms with Crippen LogP contribution in [0.5, 0.6) is 0 Å². The van der Waals surface area contributed by atoms with Gasteiger partial charge in [0, 0.05) is 18.1 Å². The van der Waals surface area contributed by atoms with E-state index in [-0.39, 0.29) is 0 Å². The van der Waals surface area contributed by atoms with Crippen molar-refractivity contribution in [3.05, 3.63) is 35.9 Å². The van der Waals surface area contributed by atoms with E-state index in [4.69, 9.17) is 0 Å². The monoisotopic (exact) mass is 348 g/mol. The highest BCUT2D eigenvalue weighted by molar-refractivity contribution is 7.99. The average Bonchev–Trinajstić information content (AvgIpc) is 2.61. The summed E-state index contributed by atoms with van der Waals surface area (Å²) in [7, 11) is 0. The van der Waals surface area contributed by atoms with Crippen molar-refractivity contribution in [2.45, 2.75) is 89.7 Å². The molecule has 136 valence electrons. The highest BCUT2D eigenvalue weighted by Crippen LogP contribution is 2.32. The van der Waals surface area contributed by atoms with Crippen molar-refractivity contribution in [1.82, 2.24) is 0 Å². The fourth-order valence-electron chi connectivity index (χ4n) is 3.08. The number of unbranched alkanes of at least 4 members (excludes halogenated alkanes) is 8. The van der Waals surface area contributed by atoms with Crippen LogP contribution in [0.1, 0.15) is 95.3 Å². The maximum atomic E-state index is 12.3. The number of ketones is 1. The van der Waals surface area contributed by atoms with E-state index in [1.54, 1.807) is 0 Å². The van der Waals surface area contributed by atoms with Crippen LogP contribution in [-0.2, 0) is 4.79 Å². The fraction of sp³-hybridized carbons (Fsp3) is 0.682. The third-order valence-corrected chi connectivity index (χ3v) is 5.69. The molecule has 0 amide bonds. The zero-order valence-electron chi connectivity index (χ0n) is 15.8. The molecule has 0 saturated heterocycles. The van der Waals surface area contributed by atoms with Gasteiger partial charge in [-0.25, -0.2) is 0 Å². The molecule has 1 aromatic carbocycles. The predicted molar refractivity (Wildman–Crippen MR) is 109 cm³/mol. The van der Waals surface area contributed by atoms with Gasteiger partial charge in [0.2, 0.25) is 0 Å². The maximum Gasteiger partial charge on any atom is 0.134 e. The number of hydrogen-bond donors (Lipinski definition) is 0. The molecule has 0 fully saturated rings. The van der Waals surface area contributed by atoms with E-state index < -0.39 is 0 Å². The third-order valence-electron chi connectivity index (χ3n) is 4.51. The molecule has 0 radical (unpaired) electrons. The topological polar surface area (TPSA) is 17.1 Å². The summed E-state index contributed by atoms with van der Waals surface area (Å²) in [4.78, 5) is 12.3. The standard InChI is InChI=1S/C22H36OS/c1-3-5-6-7-8-9-10-11-15-18-21(23)19-22(24-4-2)20-16-13-12-14-17-20/h12-14,16-17,22H,3-11,15,18-19H2,1-2H3/t22-/m1/s1. The smallest absolute Gasteiger partial charge is 0.134 e. The van der Waals surface area contributed by atoms with Crippen molar-refractivity contribution < 1.29 is 4.79 Å². The van der Waals surface area contributed by atoms with E-state index in [0.717, 1.165) is 18.6 Å². The molecule has 0 heterocycles. The molecule has 0 unspecified atom stereocenters. The Labute approximate surface area is 154 Å². The molecule has 0 aliphatic carbocycles. The molecule has 2 heteroatoms. The summed E-state index contributed by atoms with van der Waals surface area (Å²) < 4.78 is 0. The maximum absolute atomic E-state index is 12.3. The lowest BCUT2D eigenvalue weighted by molar-refractivity contribution is -0.119. The molecule has 0 aliphatic heterocycles. The van der Waals surface area contributed by atoms with Gasteiger partial charge in [-0.3, -0.25) is 4.79 Å². The van der Waals surface area contributed by atoms with Gasteiger partial charge in [0.1, 0.15) is 5.78 Å². The molecule has 0 saturated carbocycles. The van der Waals surface area contributed by atoms with Gasteiger partial charge in [-0.05, 0) is 17.7 Å². The molecule has 1 nitrogen and oxygen atoms in total. The lowest BCUT2D eigenvalue weighted by Gasteiger charge is -2.15. The molecule has 0 bridgehead atoms. The number of hydrogen-bond acceptors (Lipinski definition) is 2. The second kappa shape index (κ2) is 14.6. The molecule has 0 spiro atoms. The Hall–Kier alpha value is -0.760. The Bertz CT molecular complexity index is 415. The van der Waals surface area contributed by atoms with E-state index in [0.29, 0.717) is 17.5 Å². The van der Waals surface area contributed by atoms with Gasteiger partial charge < -0.3 is 0 Å². The second-order valence-corrected chi connectivity index (χ2v) is 8.16. The highest BCUT2D eigenvalue weighted by atomic mass is 32.2. The second-order valence-electron chi connectivity index (χ2n) is 6.68. The Kier molecular flexibility index (Phi) is 12.9. The van der Waals surface area contributed by atoms with E-state index in [2.05, 4.69) is 38.1 Å². The van der Waals surface area contributed by atoms with Crippen molar-refractivity contribution in [2.24, 2.45) is 0 Å². The van der Waals surface area contributed by atoms with Gasteiger partial charge in [0.15, 0.2) is 0 Å². The van der Waals surface area contributed by atoms with Crippen molar-refractivity contribution in [3.8, 4) is 0 Å². The minimum atomic E-state index is 0.335. The summed E-state index contributed by atoms with van der Waals surface area (Å²) in [6.45, 7) is 4.43. The molecule has 1 rings (SSSR count). The molecule has 0 N–H and O–H groups in total. The van der Waals surface area contributed by atoms with E-state index in [1.807, 2.05) is 17.8 Å². The lowest BCUT2D eigenvalue weighted by Crippen LogP contribution is -2.05. The number of Topliss-reactive ketones (excluding diaryl/α,β-unsaturated/α-hetero) is 1. The summed E-state index contributed by atoms with van der Waals surface area (Å²) in [5.74, 6) is 1.50. The summed E-state index contributed by atoms with van der Waals surface area (Å²) in [5, 5.41) is 0.335. The predicted octanol–water partition coefficient (Wildman–Crippen LogP) is 7.36. The van der Waals surface area contributed by atoms with Crippen LogP contribution in [0.4, 0.5) is 0 Å². The largest absolute Gasteiger partial charge is 0.300 e. The van der Waals surface area contributed by atoms with Crippen molar-refractivity contribution >= 4 is 17.5 Å². The number of rotatable bonds is 15. The van der Waals surface area contributed by atoms with Crippen molar-refractivity contribution in [1.29, 1.82) is 0 Å². The lowest BCUT2D eigenvalue weighted by atomic mass is 10.0. The quantitative estimate of drug-likeness (QED) is 0.308. The van der Waals surface area contributed by atoms with Gasteiger partial charge in [-0.15, -0.1) is 0 Å². The third kappa shape index (κ3) is 10.2. The Morgan fingerprint density at radius 1 is 0.875 bits per heavy atom. The van der Waals surface area contributed by atoms with Gasteiger partial charge in [0.05, 0.1) is 0 Å². The molecule has 1 atom stereocenters. The molecular weight excluding hydrogens is 312 g/mol. The van der Waals surface area contributed by atoms with E-state index in [1.165, 1.54) is 56.9 Å². The normalized spacial score (nSPS) is 12.2. The molecule has 1 aromatic rings. The molecule has 24 heavy (non-hydrogen) atoms. The van der Waals surface area contributed by atoms with Crippen LogP contribution >= 0.6 is 11.8 Å². The first-order valence-electron chi connectivity index (χ1n) is 9.96. The average molecular weight is 349 g/mol. The SMILES string of the molecule is CCCCCCCCCCCC(=O)C[C@@H](SCC)c1ccccc1. The number of thioether (sulfide) groups is 1. The van der Waals surface area contributed by atoms with Crippen LogP contribution < -0.4 is 0 Å². The van der Waals surface area contributed by atoms with E-state index in [9.17, 15) is 4.79 Å². The Morgan fingerprint density at radius 2 is 1.46 bits per heavy atom. The summed E-state index contributed by atoms with van der Waals surface area (Å²) in [6.07, 6.45) is 13.3. The first-order valence-corrected chi connectivity index (χ1v) is 11.0. The van der Waals surface area contributed by atoms with Crippen LogP contribution in [0.2, 0.25) is 0 Å². The summed E-state index contributed by atoms with van der Waals surface area (Å²) >= 11 is 1.89. The highest BCUT2D eigenvalue weighted by Gasteiger charge is 2.15. The molecule has 0 aromatic heterocycles. The molecule has 0 aliphatic rings. The Balaban J connectivity index is 2.13. The van der Waals surface area contributed by atoms with Gasteiger partial charge in [-0.2, -0.15) is 11.8 Å². The van der Waals surface area contributed by atoms with Crippen molar-refractivity contribution in [3.63, 3.8) is 0 Å². The summed E-state index contributed by atoms with van der Waals surface area (Å²) in [5.41, 5.74) is 1.30. The van der Waals surface area contributed by atoms with Crippen LogP contribution in [0.3, 0.4) is 0 Å². The van der Waals surface area contributed by atoms with Crippen molar-refractivity contribution in [2.75, 3.05) is 5.75 Å². The summed E-state index contributed by atoms with van der Waals surface area (Å²) in [6, 6.07) is 10.5. The number of carbonyl (C=O) groups is 1. The minimum absolute atomic E-state index is 0.335. The number of benzene rings is 1. The fourth-order valence-corrected chi connectivity index (χ4v) is 4.14. The van der Waals surface area contributed by atoms with E-state index >= 15 is 0 Å². The van der Waals surface area contributed by atoms with Gasteiger partial charge in [0.25, 0.3) is 0 Å². The number of carbonyl (C=O) groups excluding carboxylic acids is 1. The zero-order valence-corrected chi connectivity index (χ0v) is 16.6. The van der Waals surface area contributed by atoms with Crippen LogP contribution in [-0.4, -0.2) is 11.5 Å². The zero-order chi connectivity index (χ0) is 17.5. The first-order chi connectivity index (χ1) is 11.8. The molecular formula is C22H36OS. The van der Waals surface area contributed by atoms with Crippen LogP contribution in [0, 0.1) is 0 Å². The minimum Gasteiger partial charge on any atom is -0.300 e. The first kappa shape index (κ1) is 21.3. The van der Waals surface area contributed by atoms with Crippen LogP contribution in [0.25, 0.3) is 0 Å². The van der Waals surface area contributed by atoms with Gasteiger partial charge >= 0.3 is 0 Å². The Morgan fingerprint density at radius 3 is 2.04 bits per heavy atom.